The van der Waals surface area contributed by atoms with Gasteiger partial charge in [0.1, 0.15) is 0 Å². The molecule has 0 spiro atoms. The third-order valence-corrected chi connectivity index (χ3v) is 3.71. The molecule has 0 radical (unpaired) electrons. The van der Waals surface area contributed by atoms with Crippen LogP contribution in [-0.4, -0.2) is 30.5 Å². The monoisotopic (exact) mass is 357 g/mol. The SMILES string of the molecule is CNc1ccc([N+](=O)[O-])cc1C(=O)OCC(=O)N[C@@H](C)c1ccccc1. The van der Waals surface area contributed by atoms with Crippen LogP contribution in [0, 0.1) is 10.1 Å². The zero-order chi connectivity index (χ0) is 19.1. The summed E-state index contributed by atoms with van der Waals surface area (Å²) in [6, 6.07) is 12.9. The maximum absolute atomic E-state index is 12.2. The first-order valence-electron chi connectivity index (χ1n) is 7.90. The van der Waals surface area contributed by atoms with Crippen molar-refractivity contribution in [2.24, 2.45) is 0 Å². The maximum atomic E-state index is 12.2. The van der Waals surface area contributed by atoms with Crippen LogP contribution in [-0.2, 0) is 9.53 Å². The van der Waals surface area contributed by atoms with Gasteiger partial charge in [-0.15, -0.1) is 0 Å². The van der Waals surface area contributed by atoms with Crippen LogP contribution in [0.3, 0.4) is 0 Å². The molecule has 0 unspecified atom stereocenters. The summed E-state index contributed by atoms with van der Waals surface area (Å²) >= 11 is 0. The van der Waals surface area contributed by atoms with Gasteiger partial charge in [0, 0.05) is 24.9 Å². The number of esters is 1. The van der Waals surface area contributed by atoms with Crippen molar-refractivity contribution in [2.75, 3.05) is 19.0 Å². The third kappa shape index (κ3) is 4.79. The van der Waals surface area contributed by atoms with Crippen molar-refractivity contribution in [3.05, 3.63) is 69.8 Å². The second kappa shape index (κ2) is 8.61. The van der Waals surface area contributed by atoms with Gasteiger partial charge >= 0.3 is 5.97 Å². The number of nitro benzene ring substituents is 1. The number of hydrogen-bond donors (Lipinski definition) is 2. The second-order valence-corrected chi connectivity index (χ2v) is 5.51. The van der Waals surface area contributed by atoms with Crippen LogP contribution in [0.4, 0.5) is 11.4 Å². The fourth-order valence-electron chi connectivity index (χ4n) is 2.35. The van der Waals surface area contributed by atoms with Crippen molar-refractivity contribution in [1.29, 1.82) is 0 Å². The minimum atomic E-state index is -0.819. The van der Waals surface area contributed by atoms with Crippen molar-refractivity contribution in [3.63, 3.8) is 0 Å². The molecule has 0 fully saturated rings. The average molecular weight is 357 g/mol. The van der Waals surface area contributed by atoms with E-state index in [1.54, 1.807) is 7.05 Å². The summed E-state index contributed by atoms with van der Waals surface area (Å²) in [7, 11) is 1.58. The van der Waals surface area contributed by atoms with E-state index in [4.69, 9.17) is 4.74 Å². The highest BCUT2D eigenvalue weighted by Crippen LogP contribution is 2.22. The first kappa shape index (κ1) is 18.9. The van der Waals surface area contributed by atoms with Gasteiger partial charge in [-0.2, -0.15) is 0 Å². The summed E-state index contributed by atoms with van der Waals surface area (Å²) in [5.74, 6) is -1.29. The number of nitrogens with one attached hydrogen (secondary N) is 2. The van der Waals surface area contributed by atoms with Crippen LogP contribution < -0.4 is 10.6 Å². The van der Waals surface area contributed by atoms with Gasteiger partial charge in [-0.25, -0.2) is 4.79 Å². The number of non-ortho nitro benzene ring substituents is 1. The molecule has 0 bridgehead atoms. The molecular formula is C18H19N3O5. The highest BCUT2D eigenvalue weighted by atomic mass is 16.6. The topological polar surface area (TPSA) is 111 Å². The summed E-state index contributed by atoms with van der Waals surface area (Å²) in [6.45, 7) is 1.33. The number of carbonyl (C=O) groups excluding carboxylic acids is 2. The lowest BCUT2D eigenvalue weighted by atomic mass is 10.1. The van der Waals surface area contributed by atoms with Gasteiger partial charge in [0.15, 0.2) is 6.61 Å². The number of ether oxygens (including phenoxy) is 1. The summed E-state index contributed by atoms with van der Waals surface area (Å²) in [5, 5.41) is 16.3. The van der Waals surface area contributed by atoms with Crippen LogP contribution in [0.5, 0.6) is 0 Å². The Kier molecular flexibility index (Phi) is 6.26. The molecule has 8 nitrogen and oxygen atoms in total. The first-order chi connectivity index (χ1) is 12.4. The predicted octanol–water partition coefficient (Wildman–Crippen LogP) is 2.67. The van der Waals surface area contributed by atoms with Gasteiger partial charge in [-0.1, -0.05) is 30.3 Å². The van der Waals surface area contributed by atoms with Crippen LogP contribution in [0.25, 0.3) is 0 Å². The number of rotatable bonds is 7. The number of carbonyl (C=O) groups is 2. The number of amides is 1. The smallest absolute Gasteiger partial charge is 0.341 e. The van der Waals surface area contributed by atoms with Gasteiger partial charge in [-0.3, -0.25) is 14.9 Å². The van der Waals surface area contributed by atoms with E-state index < -0.39 is 23.4 Å². The van der Waals surface area contributed by atoms with Gasteiger partial charge in [0.2, 0.25) is 0 Å². The first-order valence-corrected chi connectivity index (χ1v) is 7.90. The lowest BCUT2D eigenvalue weighted by Crippen LogP contribution is -2.31. The summed E-state index contributed by atoms with van der Waals surface area (Å²) < 4.78 is 4.99. The fraction of sp³-hybridized carbons (Fsp3) is 0.222. The van der Waals surface area contributed by atoms with Crippen molar-refractivity contribution in [3.8, 4) is 0 Å². The highest BCUT2D eigenvalue weighted by Gasteiger charge is 2.19. The molecular weight excluding hydrogens is 338 g/mol. The zero-order valence-corrected chi connectivity index (χ0v) is 14.4. The molecule has 0 aromatic heterocycles. The number of benzene rings is 2. The lowest BCUT2D eigenvalue weighted by Gasteiger charge is -2.14. The Balaban J connectivity index is 1.98. The predicted molar refractivity (Wildman–Crippen MR) is 95.9 cm³/mol. The molecule has 0 saturated carbocycles. The van der Waals surface area contributed by atoms with Crippen LogP contribution in [0.15, 0.2) is 48.5 Å². The normalized spacial score (nSPS) is 11.3. The molecule has 8 heteroatoms. The quantitative estimate of drug-likeness (QED) is 0.448. The molecule has 0 aliphatic rings. The number of hydrogen-bond acceptors (Lipinski definition) is 6. The van der Waals surface area contributed by atoms with Crippen molar-refractivity contribution < 1.29 is 19.2 Å². The van der Waals surface area contributed by atoms with E-state index in [1.807, 2.05) is 37.3 Å². The van der Waals surface area contributed by atoms with E-state index in [9.17, 15) is 19.7 Å². The molecule has 0 aliphatic carbocycles. The summed E-state index contributed by atoms with van der Waals surface area (Å²) in [6.07, 6.45) is 0. The van der Waals surface area contributed by atoms with Gasteiger partial charge in [0.25, 0.3) is 11.6 Å². The highest BCUT2D eigenvalue weighted by molar-refractivity contribution is 5.97. The van der Waals surface area contributed by atoms with Gasteiger partial charge in [0.05, 0.1) is 16.5 Å². The van der Waals surface area contributed by atoms with E-state index in [0.29, 0.717) is 5.69 Å². The van der Waals surface area contributed by atoms with E-state index >= 15 is 0 Å². The summed E-state index contributed by atoms with van der Waals surface area (Å²) in [4.78, 5) is 34.4. The fourth-order valence-corrected chi connectivity index (χ4v) is 2.35. The lowest BCUT2D eigenvalue weighted by molar-refractivity contribution is -0.384. The average Bonchev–Trinajstić information content (AvgIpc) is 2.66. The van der Waals surface area contributed by atoms with E-state index in [-0.39, 0.29) is 17.3 Å². The summed E-state index contributed by atoms with van der Waals surface area (Å²) in [5.41, 5.74) is 1.05. The Morgan fingerprint density at radius 3 is 2.50 bits per heavy atom. The molecule has 0 saturated heterocycles. The molecule has 2 aromatic rings. The standard InChI is InChI=1S/C18H19N3O5/c1-12(13-6-4-3-5-7-13)20-17(22)11-26-18(23)15-10-14(21(24)25)8-9-16(15)19-2/h3-10,12,19H,11H2,1-2H3,(H,20,22)/t12-/m0/s1. The molecule has 2 aromatic carbocycles. The van der Waals surface area contributed by atoms with Crippen LogP contribution in [0.1, 0.15) is 28.9 Å². The van der Waals surface area contributed by atoms with E-state index in [2.05, 4.69) is 10.6 Å². The van der Waals surface area contributed by atoms with Gasteiger partial charge in [-0.05, 0) is 18.6 Å². The second-order valence-electron chi connectivity index (χ2n) is 5.51. The third-order valence-electron chi connectivity index (χ3n) is 3.71. The van der Waals surface area contributed by atoms with Crippen LogP contribution in [0.2, 0.25) is 0 Å². The molecule has 1 atom stereocenters. The zero-order valence-electron chi connectivity index (χ0n) is 14.4. The number of nitro groups is 1. The minimum absolute atomic E-state index is 0.00870. The Bertz CT molecular complexity index is 808. The van der Waals surface area contributed by atoms with Crippen LogP contribution >= 0.6 is 0 Å². The molecule has 2 rings (SSSR count). The molecule has 0 heterocycles. The molecule has 136 valence electrons. The largest absolute Gasteiger partial charge is 0.452 e. The molecule has 1 amide bonds. The maximum Gasteiger partial charge on any atom is 0.341 e. The van der Waals surface area contributed by atoms with Crippen molar-refractivity contribution in [2.45, 2.75) is 13.0 Å². The van der Waals surface area contributed by atoms with Crippen molar-refractivity contribution >= 4 is 23.3 Å². The molecule has 26 heavy (non-hydrogen) atoms. The molecule has 2 N–H and O–H groups in total. The minimum Gasteiger partial charge on any atom is -0.452 e. The van der Waals surface area contributed by atoms with Gasteiger partial charge < -0.3 is 15.4 Å². The Labute approximate surface area is 150 Å². The van der Waals surface area contributed by atoms with E-state index in [0.717, 1.165) is 11.6 Å². The number of nitrogens with zero attached hydrogens (tertiary/aromatic N) is 1. The molecule has 0 aliphatic heterocycles. The Hall–Kier alpha value is -3.42. The Morgan fingerprint density at radius 1 is 1.19 bits per heavy atom. The van der Waals surface area contributed by atoms with Crippen molar-refractivity contribution in [1.82, 2.24) is 5.32 Å². The number of anilines is 1. The van der Waals surface area contributed by atoms with E-state index in [1.165, 1.54) is 12.1 Å². The Morgan fingerprint density at radius 2 is 1.88 bits per heavy atom.